The molecule has 234 valence electrons. The Hall–Kier alpha value is -3.10. The molecule has 0 bridgehead atoms. The van der Waals surface area contributed by atoms with Gasteiger partial charge < -0.3 is 30.0 Å². The van der Waals surface area contributed by atoms with E-state index in [1.165, 1.54) is 0 Å². The van der Waals surface area contributed by atoms with Crippen LogP contribution in [0.15, 0.2) is 24.3 Å². The number of nitrogens with one attached hydrogen (secondary N) is 1. The Balaban J connectivity index is 2.02. The summed E-state index contributed by atoms with van der Waals surface area (Å²) in [6.45, 7) is 23.3. The minimum atomic E-state index is -0.568. The number of hydrogen-bond acceptors (Lipinski definition) is 7. The summed E-state index contributed by atoms with van der Waals surface area (Å²) in [4.78, 5) is 25.7. The molecule has 0 atom stereocenters. The van der Waals surface area contributed by atoms with Crippen LogP contribution in [-0.2, 0) is 31.1 Å². The topological polar surface area (TPSA) is 121 Å². The van der Waals surface area contributed by atoms with Gasteiger partial charge in [0, 0.05) is 22.3 Å². The number of quaternary nitrogens is 1. The molecule has 0 aliphatic carbocycles. The third kappa shape index (κ3) is 8.95. The summed E-state index contributed by atoms with van der Waals surface area (Å²) >= 11 is 0. The summed E-state index contributed by atoms with van der Waals surface area (Å²) in [6, 6.07) is 6.59. The molecular formula is C34H51NO7. The van der Waals surface area contributed by atoms with E-state index in [1.807, 2.05) is 83.1 Å². The van der Waals surface area contributed by atoms with Gasteiger partial charge in [-0.05, 0) is 45.9 Å². The maximum Gasteiger partial charge on any atom is 0.338 e. The molecule has 0 aromatic heterocycles. The number of ether oxygens (including phenoxy) is 2. The van der Waals surface area contributed by atoms with Crippen LogP contribution >= 0.6 is 0 Å². The molecule has 2 aromatic carbocycles. The summed E-state index contributed by atoms with van der Waals surface area (Å²) in [7, 11) is 0. The van der Waals surface area contributed by atoms with Gasteiger partial charge in [0.1, 0.15) is 37.8 Å². The van der Waals surface area contributed by atoms with Crippen LogP contribution in [0.5, 0.6) is 11.5 Å². The summed E-state index contributed by atoms with van der Waals surface area (Å²) in [5, 5.41) is 34.0. The van der Waals surface area contributed by atoms with Gasteiger partial charge in [-0.2, -0.15) is 0 Å². The lowest BCUT2D eigenvalue weighted by atomic mass is 9.78. The second-order valence-corrected chi connectivity index (χ2v) is 15.2. The van der Waals surface area contributed by atoms with Crippen LogP contribution in [0.25, 0.3) is 0 Å². The quantitative estimate of drug-likeness (QED) is 0.269. The van der Waals surface area contributed by atoms with Crippen molar-refractivity contribution < 1.29 is 34.3 Å². The SMILES string of the molecule is CC(C)(C)c1cc(C(=O)OCC[NH+]([O-])CCOC(=O)c2cc(C(C)(C)C)c(O)c(C(C)(C)C)c2)cc(C(C)(C)C)c1O. The molecule has 0 fully saturated rings. The fourth-order valence-corrected chi connectivity index (χ4v) is 4.60. The largest absolute Gasteiger partial charge is 0.634 e. The lowest BCUT2D eigenvalue weighted by molar-refractivity contribution is -0.848. The molecule has 2 rings (SSSR count). The van der Waals surface area contributed by atoms with E-state index in [0.717, 1.165) is 0 Å². The molecule has 0 aliphatic rings. The number of carbonyl (C=O) groups excluding carboxylic acids is 2. The van der Waals surface area contributed by atoms with E-state index in [4.69, 9.17) is 9.47 Å². The first-order valence-electron chi connectivity index (χ1n) is 14.6. The van der Waals surface area contributed by atoms with Crippen molar-refractivity contribution >= 4 is 11.9 Å². The van der Waals surface area contributed by atoms with Crippen molar-refractivity contribution in [2.75, 3.05) is 26.3 Å². The van der Waals surface area contributed by atoms with Crippen LogP contribution in [0.1, 0.15) is 126 Å². The monoisotopic (exact) mass is 585 g/mol. The number of rotatable bonds is 8. The van der Waals surface area contributed by atoms with Gasteiger partial charge in [0.2, 0.25) is 0 Å². The minimum Gasteiger partial charge on any atom is -0.634 e. The van der Waals surface area contributed by atoms with Gasteiger partial charge in [-0.1, -0.05) is 83.1 Å². The van der Waals surface area contributed by atoms with E-state index in [2.05, 4.69) is 0 Å². The Bertz CT molecular complexity index is 1120. The average molecular weight is 586 g/mol. The van der Waals surface area contributed by atoms with Crippen LogP contribution in [0.4, 0.5) is 0 Å². The number of esters is 2. The van der Waals surface area contributed by atoms with E-state index in [-0.39, 0.29) is 42.9 Å². The van der Waals surface area contributed by atoms with E-state index in [0.29, 0.717) is 33.4 Å². The van der Waals surface area contributed by atoms with Crippen molar-refractivity contribution in [3.05, 3.63) is 62.9 Å². The van der Waals surface area contributed by atoms with Gasteiger partial charge >= 0.3 is 11.9 Å². The molecule has 2 aromatic rings. The predicted molar refractivity (Wildman–Crippen MR) is 166 cm³/mol. The number of benzene rings is 2. The Kier molecular flexibility index (Phi) is 10.6. The van der Waals surface area contributed by atoms with E-state index >= 15 is 0 Å². The molecule has 0 radical (unpaired) electrons. The lowest BCUT2D eigenvalue weighted by Gasteiger charge is -2.28. The maximum atomic E-state index is 12.9. The number of hydroxylamine groups is 2. The summed E-state index contributed by atoms with van der Waals surface area (Å²) in [6.07, 6.45) is 0. The fraction of sp³-hybridized carbons (Fsp3) is 0.588. The van der Waals surface area contributed by atoms with Crippen LogP contribution in [0.2, 0.25) is 0 Å². The van der Waals surface area contributed by atoms with Gasteiger partial charge in [-0.3, -0.25) is 0 Å². The molecule has 8 nitrogen and oxygen atoms in total. The van der Waals surface area contributed by atoms with Gasteiger partial charge in [0.25, 0.3) is 0 Å². The third-order valence-corrected chi connectivity index (χ3v) is 7.15. The lowest BCUT2D eigenvalue weighted by Crippen LogP contribution is -3.08. The molecule has 0 unspecified atom stereocenters. The Morgan fingerprint density at radius 1 is 0.595 bits per heavy atom. The van der Waals surface area contributed by atoms with Crippen molar-refractivity contribution in [2.24, 2.45) is 0 Å². The molecule has 42 heavy (non-hydrogen) atoms. The number of phenols is 2. The predicted octanol–water partition coefficient (Wildman–Crippen LogP) is 5.68. The highest BCUT2D eigenvalue weighted by molar-refractivity contribution is 5.91. The second kappa shape index (κ2) is 12.6. The zero-order chi connectivity index (χ0) is 32.4. The van der Waals surface area contributed by atoms with E-state index < -0.39 is 33.6 Å². The average Bonchev–Trinajstić information content (AvgIpc) is 2.81. The number of phenolic OH excluding ortho intramolecular Hbond substituents is 2. The fourth-order valence-electron chi connectivity index (χ4n) is 4.60. The standard InChI is InChI=1S/C34H51NO7/c1-31(2,3)23-17-21(18-24(27(23)36)32(4,5)6)29(38)41-15-13-35(40)14-16-42-30(39)22-19-25(33(7,8)9)28(37)26(20-22)34(10,11)12/h17-20,35-37H,13-16H2,1-12H3. The van der Waals surface area contributed by atoms with Crippen LogP contribution in [0, 0.1) is 5.21 Å². The molecule has 8 heteroatoms. The first-order chi connectivity index (χ1) is 18.9. The molecule has 0 saturated carbocycles. The van der Waals surface area contributed by atoms with Gasteiger partial charge in [0.15, 0.2) is 0 Å². The van der Waals surface area contributed by atoms with Gasteiger partial charge in [-0.25, -0.2) is 9.59 Å². The smallest absolute Gasteiger partial charge is 0.338 e. The van der Waals surface area contributed by atoms with E-state index in [1.54, 1.807) is 24.3 Å². The molecule has 0 spiro atoms. The molecule has 0 heterocycles. The van der Waals surface area contributed by atoms with E-state index in [9.17, 15) is 25.0 Å². The van der Waals surface area contributed by atoms with Crippen molar-refractivity contribution in [1.29, 1.82) is 0 Å². The normalized spacial score (nSPS) is 12.9. The maximum absolute atomic E-state index is 12.9. The number of carbonyl (C=O) groups is 2. The minimum absolute atomic E-state index is 0.0127. The molecule has 0 aliphatic heterocycles. The van der Waals surface area contributed by atoms with Crippen LogP contribution in [-0.4, -0.2) is 48.5 Å². The summed E-state index contributed by atoms with van der Waals surface area (Å²) in [5.74, 6) is -0.788. The zero-order valence-corrected chi connectivity index (χ0v) is 27.6. The van der Waals surface area contributed by atoms with Crippen molar-refractivity contribution in [1.82, 2.24) is 0 Å². The summed E-state index contributed by atoms with van der Waals surface area (Å²) in [5.41, 5.74) is 1.68. The number of aromatic hydroxyl groups is 2. The van der Waals surface area contributed by atoms with Gasteiger partial charge in [-0.15, -0.1) is 0 Å². The highest BCUT2D eigenvalue weighted by atomic mass is 16.6. The Morgan fingerprint density at radius 2 is 0.833 bits per heavy atom. The Labute approximate surface area is 251 Å². The highest BCUT2D eigenvalue weighted by Gasteiger charge is 2.29. The summed E-state index contributed by atoms with van der Waals surface area (Å²) < 4.78 is 10.8. The first kappa shape index (κ1) is 35.1. The Morgan fingerprint density at radius 3 is 1.05 bits per heavy atom. The molecule has 3 N–H and O–H groups in total. The third-order valence-electron chi connectivity index (χ3n) is 7.15. The molecule has 0 amide bonds. The molecular weight excluding hydrogens is 534 g/mol. The number of hydrogen-bond donors (Lipinski definition) is 3. The van der Waals surface area contributed by atoms with Crippen molar-refractivity contribution in [3.63, 3.8) is 0 Å². The van der Waals surface area contributed by atoms with Crippen molar-refractivity contribution in [3.8, 4) is 11.5 Å². The van der Waals surface area contributed by atoms with Crippen LogP contribution < -0.4 is 5.06 Å². The second-order valence-electron chi connectivity index (χ2n) is 15.2. The first-order valence-corrected chi connectivity index (χ1v) is 14.6. The highest BCUT2D eigenvalue weighted by Crippen LogP contribution is 2.41. The molecule has 0 saturated heterocycles. The van der Waals surface area contributed by atoms with Crippen LogP contribution in [0.3, 0.4) is 0 Å². The van der Waals surface area contributed by atoms with Crippen molar-refractivity contribution in [2.45, 2.75) is 105 Å². The zero-order valence-electron chi connectivity index (χ0n) is 27.6. The van der Waals surface area contributed by atoms with Gasteiger partial charge in [0.05, 0.1) is 11.1 Å².